The molecular formula is C24H39N7O4. The van der Waals surface area contributed by atoms with Gasteiger partial charge >= 0.3 is 6.09 Å². The summed E-state index contributed by atoms with van der Waals surface area (Å²) in [6.07, 6.45) is -0.728. The van der Waals surface area contributed by atoms with Crippen LogP contribution in [-0.2, 0) is 9.47 Å². The van der Waals surface area contributed by atoms with Crippen molar-refractivity contribution in [2.45, 2.75) is 31.7 Å². The molecule has 0 spiro atoms. The lowest BCUT2D eigenvalue weighted by molar-refractivity contribution is -0.0472. The molecule has 3 atom stereocenters. The molecule has 2 aliphatic rings. The molecule has 3 rings (SSSR count). The number of carbonyl (C=O) groups excluding carboxylic acids is 2. The summed E-state index contributed by atoms with van der Waals surface area (Å²) >= 11 is 0. The van der Waals surface area contributed by atoms with E-state index in [9.17, 15) is 9.59 Å². The Morgan fingerprint density at radius 1 is 1.20 bits per heavy atom. The van der Waals surface area contributed by atoms with Crippen molar-refractivity contribution in [3.8, 4) is 0 Å². The number of nitrogens with one attached hydrogen (secondary N) is 3. The standard InChI is InChI=1S/C24H39N7O4/c1-17(28(2)3)16-29(4)21-20-19(12-13-25-21)30(24(33)35-6)31(26-14-15-34-5)22(20)27-23(32)18-10-8-7-9-11-18/h7-11,17,21-22,25-26H,12-16H2,1-6H3,(H,27,32). The number of hydrogen-bond donors (Lipinski definition) is 3. The van der Waals surface area contributed by atoms with Gasteiger partial charge in [0.1, 0.15) is 6.17 Å². The summed E-state index contributed by atoms with van der Waals surface area (Å²) in [4.78, 5) is 30.6. The summed E-state index contributed by atoms with van der Waals surface area (Å²) in [6.45, 7) is 4.50. The Labute approximate surface area is 207 Å². The van der Waals surface area contributed by atoms with Gasteiger partial charge in [-0.1, -0.05) is 18.2 Å². The molecule has 2 heterocycles. The van der Waals surface area contributed by atoms with Crippen LogP contribution in [0.1, 0.15) is 23.7 Å². The lowest BCUT2D eigenvalue weighted by atomic mass is 10.0. The van der Waals surface area contributed by atoms with Crippen LogP contribution in [0.15, 0.2) is 41.6 Å². The monoisotopic (exact) mass is 489 g/mol. The van der Waals surface area contributed by atoms with E-state index in [0.717, 1.165) is 17.8 Å². The Morgan fingerprint density at radius 2 is 1.91 bits per heavy atom. The van der Waals surface area contributed by atoms with Crippen molar-refractivity contribution in [3.05, 3.63) is 47.2 Å². The van der Waals surface area contributed by atoms with Gasteiger partial charge in [-0.15, -0.1) is 5.12 Å². The summed E-state index contributed by atoms with van der Waals surface area (Å²) in [7, 11) is 9.12. The number of ether oxygens (including phenoxy) is 2. The number of carbonyl (C=O) groups is 2. The van der Waals surface area contributed by atoms with Crippen molar-refractivity contribution in [1.29, 1.82) is 0 Å². The first-order chi connectivity index (χ1) is 16.8. The molecule has 0 aliphatic carbocycles. The number of likely N-dealkylation sites (N-methyl/N-ethyl adjacent to an activating group) is 2. The van der Waals surface area contributed by atoms with Crippen LogP contribution in [-0.4, -0.2) is 112 Å². The fourth-order valence-corrected chi connectivity index (χ4v) is 4.38. The predicted octanol–water partition coefficient (Wildman–Crippen LogP) is 0.648. The van der Waals surface area contributed by atoms with E-state index in [2.05, 4.69) is 46.9 Å². The molecular weight excluding hydrogens is 450 g/mol. The van der Waals surface area contributed by atoms with Crippen LogP contribution in [0.25, 0.3) is 0 Å². The van der Waals surface area contributed by atoms with Crippen molar-refractivity contribution in [2.24, 2.45) is 0 Å². The number of methoxy groups -OCH3 is 2. The first-order valence-electron chi connectivity index (χ1n) is 11.9. The van der Waals surface area contributed by atoms with Crippen molar-refractivity contribution in [3.63, 3.8) is 0 Å². The van der Waals surface area contributed by atoms with Gasteiger partial charge < -0.3 is 19.7 Å². The molecule has 3 N–H and O–H groups in total. The molecule has 0 radical (unpaired) electrons. The van der Waals surface area contributed by atoms with Gasteiger partial charge in [-0.25, -0.2) is 10.2 Å². The van der Waals surface area contributed by atoms with E-state index in [1.165, 1.54) is 12.1 Å². The second-order valence-electron chi connectivity index (χ2n) is 9.03. The molecule has 0 saturated heterocycles. The molecule has 11 nitrogen and oxygen atoms in total. The van der Waals surface area contributed by atoms with Crippen LogP contribution in [0.3, 0.4) is 0 Å². The second-order valence-corrected chi connectivity index (χ2v) is 9.03. The van der Waals surface area contributed by atoms with Crippen LogP contribution in [0.2, 0.25) is 0 Å². The summed E-state index contributed by atoms with van der Waals surface area (Å²) in [5.41, 5.74) is 5.51. The van der Waals surface area contributed by atoms with Crippen LogP contribution in [0.5, 0.6) is 0 Å². The van der Waals surface area contributed by atoms with Crippen LogP contribution >= 0.6 is 0 Å². The third kappa shape index (κ3) is 6.18. The highest BCUT2D eigenvalue weighted by Crippen LogP contribution is 2.35. The van der Waals surface area contributed by atoms with Gasteiger partial charge in [-0.05, 0) is 40.2 Å². The molecule has 11 heteroatoms. The Hall–Kier alpha value is -2.54. The maximum atomic E-state index is 13.3. The van der Waals surface area contributed by atoms with Gasteiger partial charge in [-0.2, -0.15) is 5.01 Å². The molecule has 1 aromatic carbocycles. The molecule has 0 bridgehead atoms. The predicted molar refractivity (Wildman–Crippen MR) is 133 cm³/mol. The summed E-state index contributed by atoms with van der Waals surface area (Å²) < 4.78 is 10.3. The van der Waals surface area contributed by atoms with E-state index >= 15 is 0 Å². The Kier molecular flexibility index (Phi) is 9.61. The minimum atomic E-state index is -0.622. The summed E-state index contributed by atoms with van der Waals surface area (Å²) in [5, 5.41) is 9.87. The van der Waals surface area contributed by atoms with Gasteiger partial charge in [0.25, 0.3) is 5.91 Å². The molecule has 1 aromatic rings. The number of hydrogen-bond acceptors (Lipinski definition) is 9. The molecule has 0 aromatic heterocycles. The van der Waals surface area contributed by atoms with Crippen molar-refractivity contribution < 1.29 is 19.1 Å². The normalized spacial score (nSPS) is 21.4. The van der Waals surface area contributed by atoms with Crippen LogP contribution in [0, 0.1) is 0 Å². The number of amides is 2. The molecule has 35 heavy (non-hydrogen) atoms. The Balaban J connectivity index is 2.00. The zero-order valence-corrected chi connectivity index (χ0v) is 21.6. The highest BCUT2D eigenvalue weighted by molar-refractivity contribution is 5.94. The van der Waals surface area contributed by atoms with E-state index in [-0.39, 0.29) is 12.1 Å². The average molecular weight is 490 g/mol. The Bertz CT molecular complexity index is 895. The van der Waals surface area contributed by atoms with Gasteiger partial charge in [-0.3, -0.25) is 15.0 Å². The lowest BCUT2D eigenvalue weighted by Gasteiger charge is -2.38. The minimum Gasteiger partial charge on any atom is -0.452 e. The van der Waals surface area contributed by atoms with Gasteiger partial charge in [0.15, 0.2) is 0 Å². The highest BCUT2D eigenvalue weighted by Gasteiger charge is 2.48. The maximum Gasteiger partial charge on any atom is 0.429 e. The lowest BCUT2D eigenvalue weighted by Crippen LogP contribution is -2.61. The van der Waals surface area contributed by atoms with E-state index in [4.69, 9.17) is 9.47 Å². The fourth-order valence-electron chi connectivity index (χ4n) is 4.38. The average Bonchev–Trinajstić information content (AvgIpc) is 3.17. The number of nitrogens with zero attached hydrogens (tertiary/aromatic N) is 4. The molecule has 2 amide bonds. The quantitative estimate of drug-likeness (QED) is 0.409. The number of hydrazine groups is 2. The molecule has 3 unspecified atom stereocenters. The first-order valence-corrected chi connectivity index (χ1v) is 11.9. The maximum absolute atomic E-state index is 13.3. The fraction of sp³-hybridized carbons (Fsp3) is 0.583. The van der Waals surface area contributed by atoms with Crippen molar-refractivity contribution >= 4 is 12.0 Å². The SMILES string of the molecule is COCCNN1C(NC(=O)c2ccccc2)C2=C(CCNC2N(C)CC(C)N(C)C)N1C(=O)OC. The second kappa shape index (κ2) is 12.4. The molecule has 0 fully saturated rings. The third-order valence-electron chi connectivity index (χ3n) is 6.44. The van der Waals surface area contributed by atoms with Crippen molar-refractivity contribution in [2.75, 3.05) is 61.6 Å². The Morgan fingerprint density at radius 3 is 2.54 bits per heavy atom. The van der Waals surface area contributed by atoms with E-state index < -0.39 is 12.3 Å². The molecule has 194 valence electrons. The number of rotatable bonds is 10. The largest absolute Gasteiger partial charge is 0.452 e. The first kappa shape index (κ1) is 27.1. The number of benzene rings is 1. The zero-order chi connectivity index (χ0) is 25.5. The van der Waals surface area contributed by atoms with Gasteiger partial charge in [0.2, 0.25) is 0 Å². The summed E-state index contributed by atoms with van der Waals surface area (Å²) in [5.74, 6) is -0.235. The van der Waals surface area contributed by atoms with Crippen LogP contribution in [0.4, 0.5) is 4.79 Å². The van der Waals surface area contributed by atoms with Crippen molar-refractivity contribution in [1.82, 2.24) is 36.0 Å². The zero-order valence-electron chi connectivity index (χ0n) is 21.6. The third-order valence-corrected chi connectivity index (χ3v) is 6.44. The van der Waals surface area contributed by atoms with E-state index in [1.54, 1.807) is 24.4 Å². The topological polar surface area (TPSA) is 102 Å². The van der Waals surface area contributed by atoms with E-state index in [1.807, 2.05) is 25.2 Å². The summed E-state index contributed by atoms with van der Waals surface area (Å²) in [6, 6.07) is 9.35. The van der Waals surface area contributed by atoms with Crippen LogP contribution < -0.4 is 16.1 Å². The highest BCUT2D eigenvalue weighted by atomic mass is 16.5. The molecule has 2 aliphatic heterocycles. The molecule has 0 saturated carbocycles. The van der Waals surface area contributed by atoms with Gasteiger partial charge in [0.05, 0.1) is 25.6 Å². The smallest absolute Gasteiger partial charge is 0.429 e. The van der Waals surface area contributed by atoms with E-state index in [0.29, 0.717) is 37.7 Å². The van der Waals surface area contributed by atoms with Gasteiger partial charge in [0, 0.05) is 50.3 Å². The minimum absolute atomic E-state index is 0.191.